The van der Waals surface area contributed by atoms with Crippen molar-refractivity contribution >= 4 is 28.0 Å². The van der Waals surface area contributed by atoms with Gasteiger partial charge in [-0.05, 0) is 94.8 Å². The molecule has 6 saturated carbocycles. The molecule has 0 aromatic carbocycles. The summed E-state index contributed by atoms with van der Waals surface area (Å²) >= 11 is 0. The van der Waals surface area contributed by atoms with Crippen molar-refractivity contribution in [3.63, 3.8) is 0 Å². The summed E-state index contributed by atoms with van der Waals surface area (Å²) in [5, 5.41) is -4.75. The smallest absolute Gasteiger partial charge is 0.402 e. The zero-order chi connectivity index (χ0) is 53.5. The number of esters is 3. The molecule has 3 saturated heterocycles. The van der Waals surface area contributed by atoms with Crippen molar-refractivity contribution in [2.75, 3.05) is 59.5 Å². The number of fused-ring (bicyclic) bond motifs is 7. The van der Waals surface area contributed by atoms with Crippen LogP contribution in [-0.2, 0) is 67.1 Å². The molecule has 422 valence electrons. The van der Waals surface area contributed by atoms with E-state index in [9.17, 15) is 66.7 Å². The fourth-order valence-electron chi connectivity index (χ4n) is 14.2. The van der Waals surface area contributed by atoms with Crippen LogP contribution < -0.4 is 0 Å². The summed E-state index contributed by atoms with van der Waals surface area (Å²) in [4.78, 5) is 42.2. The number of halogens is 10. The standard InChI is InChI=1S/C48H64F10O15S/c1-27-8-30-11-31(13-34(12-30)48(27)72-24-45(53,54)46(55,56)25-73-48)35(59)65-18-40(21-70-38(60)41-6-2-4-29(14-41)10-33(17-41)37-68-22-43(49,50)44(51,52)23-69-37)19-66-36(67-20-40)32-9-28-5-3-7-42(15-28,16-32)39(61)71-26-47(57,58)74(62,63)64/h27-34,36-37H,2-26H2,1H3,(H,62,63,64). The first-order chi connectivity index (χ1) is 34.4. The van der Waals surface area contributed by atoms with Crippen molar-refractivity contribution in [1.29, 1.82) is 0 Å². The van der Waals surface area contributed by atoms with Gasteiger partial charge in [0.25, 0.3) is 0 Å². The maximum atomic E-state index is 14.5. The van der Waals surface area contributed by atoms with Crippen molar-refractivity contribution in [3.05, 3.63) is 0 Å². The zero-order valence-corrected chi connectivity index (χ0v) is 41.6. The summed E-state index contributed by atoms with van der Waals surface area (Å²) < 4.78 is 226. The van der Waals surface area contributed by atoms with Crippen LogP contribution in [-0.4, -0.2) is 138 Å². The first-order valence-corrected chi connectivity index (χ1v) is 27.0. The Kier molecular flexibility index (Phi) is 15.1. The molecule has 9 aliphatic rings. The lowest BCUT2D eigenvalue weighted by molar-refractivity contribution is -0.315. The highest BCUT2D eigenvalue weighted by Gasteiger charge is 2.66. The largest absolute Gasteiger partial charge is 0.465 e. The van der Waals surface area contributed by atoms with Gasteiger partial charge in [-0.15, -0.1) is 0 Å². The van der Waals surface area contributed by atoms with Gasteiger partial charge < -0.3 is 42.6 Å². The van der Waals surface area contributed by atoms with Crippen LogP contribution >= 0.6 is 0 Å². The summed E-state index contributed by atoms with van der Waals surface area (Å²) in [5.74, 6) is -26.1. The third-order valence-corrected chi connectivity index (χ3v) is 18.8. The van der Waals surface area contributed by atoms with E-state index in [0.717, 1.165) is 0 Å². The monoisotopic (exact) mass is 1100 g/mol. The molecule has 3 aliphatic heterocycles. The number of rotatable bonds is 12. The molecule has 26 heteroatoms. The third-order valence-electron chi connectivity index (χ3n) is 18.0. The van der Waals surface area contributed by atoms with Gasteiger partial charge in [-0.25, -0.2) is 0 Å². The second-order valence-electron chi connectivity index (χ2n) is 23.5. The molecule has 9 fully saturated rings. The van der Waals surface area contributed by atoms with Crippen molar-refractivity contribution in [1.82, 2.24) is 0 Å². The van der Waals surface area contributed by atoms with Crippen LogP contribution in [0.25, 0.3) is 0 Å². The fourth-order valence-corrected chi connectivity index (χ4v) is 14.4. The number of ether oxygens (including phenoxy) is 9. The predicted molar refractivity (Wildman–Crippen MR) is 230 cm³/mol. The maximum Gasteiger partial charge on any atom is 0.402 e. The second kappa shape index (κ2) is 19.9. The fraction of sp³-hybridized carbons (Fsp3) is 0.938. The molecule has 6 bridgehead atoms. The van der Waals surface area contributed by atoms with E-state index in [2.05, 4.69) is 0 Å². The summed E-state index contributed by atoms with van der Waals surface area (Å²) in [5.41, 5.74) is -3.94. The van der Waals surface area contributed by atoms with E-state index in [0.29, 0.717) is 70.6 Å². The lowest BCUT2D eigenvalue weighted by atomic mass is 9.58. The van der Waals surface area contributed by atoms with E-state index in [1.165, 1.54) is 0 Å². The Bertz CT molecular complexity index is 2180. The minimum Gasteiger partial charge on any atom is -0.465 e. The van der Waals surface area contributed by atoms with E-state index in [4.69, 9.17) is 47.2 Å². The molecule has 6 aliphatic carbocycles. The molecule has 1 spiro atoms. The lowest BCUT2D eigenvalue weighted by Gasteiger charge is -2.53. The summed E-state index contributed by atoms with van der Waals surface area (Å²) in [6.45, 7) is -8.08. The van der Waals surface area contributed by atoms with Gasteiger partial charge in [-0.3, -0.25) is 18.9 Å². The molecule has 0 aromatic rings. The Morgan fingerprint density at radius 1 is 0.595 bits per heavy atom. The quantitative estimate of drug-likeness (QED) is 0.0849. The van der Waals surface area contributed by atoms with Crippen LogP contribution in [0.4, 0.5) is 43.9 Å². The van der Waals surface area contributed by atoms with Crippen molar-refractivity contribution in [2.45, 2.75) is 157 Å². The first-order valence-electron chi connectivity index (χ1n) is 25.5. The second-order valence-corrected chi connectivity index (χ2v) is 25.0. The highest BCUT2D eigenvalue weighted by Crippen LogP contribution is 2.58. The molecule has 10 atom stereocenters. The molecule has 15 nitrogen and oxygen atoms in total. The van der Waals surface area contributed by atoms with Gasteiger partial charge in [-0.1, -0.05) is 32.6 Å². The summed E-state index contributed by atoms with van der Waals surface area (Å²) in [6, 6.07) is 0. The average molecular weight is 1100 g/mol. The Morgan fingerprint density at radius 3 is 1.58 bits per heavy atom. The Morgan fingerprint density at radius 2 is 1.07 bits per heavy atom. The van der Waals surface area contributed by atoms with E-state index in [1.807, 2.05) is 0 Å². The van der Waals surface area contributed by atoms with Gasteiger partial charge >= 0.3 is 57.0 Å². The van der Waals surface area contributed by atoms with Gasteiger partial charge in [0.15, 0.2) is 25.0 Å². The van der Waals surface area contributed by atoms with Gasteiger partial charge in [0.2, 0.25) is 0 Å². The molecule has 3 heterocycles. The molecule has 0 radical (unpaired) electrons. The van der Waals surface area contributed by atoms with Gasteiger partial charge in [0.1, 0.15) is 39.6 Å². The van der Waals surface area contributed by atoms with Crippen LogP contribution in [0, 0.1) is 63.6 Å². The topological polar surface area (TPSA) is 189 Å². The van der Waals surface area contributed by atoms with Crippen LogP contribution in [0.1, 0.15) is 110 Å². The Balaban J connectivity index is 0.907. The normalized spacial score (nSPS) is 40.7. The summed E-state index contributed by atoms with van der Waals surface area (Å²) in [6.07, 6.45) is 2.93. The zero-order valence-electron chi connectivity index (χ0n) is 40.8. The molecule has 0 amide bonds. The number of hydrogen-bond donors (Lipinski definition) is 1. The van der Waals surface area contributed by atoms with Crippen LogP contribution in [0.3, 0.4) is 0 Å². The summed E-state index contributed by atoms with van der Waals surface area (Å²) in [7, 11) is -5.89. The van der Waals surface area contributed by atoms with E-state index in [-0.39, 0.29) is 63.1 Å². The number of hydrogen-bond acceptors (Lipinski definition) is 14. The Hall–Kier alpha value is -2.62. The molecular formula is C48H64F10O15S. The van der Waals surface area contributed by atoms with E-state index < -0.39 is 167 Å². The maximum absolute atomic E-state index is 14.5. The van der Waals surface area contributed by atoms with Gasteiger partial charge in [0, 0.05) is 23.7 Å². The Labute approximate surface area is 421 Å². The highest BCUT2D eigenvalue weighted by atomic mass is 32.2. The van der Waals surface area contributed by atoms with Crippen LogP contribution in [0.2, 0.25) is 0 Å². The lowest BCUT2D eigenvalue weighted by Crippen LogP contribution is -2.56. The number of carbonyl (C=O) groups is 3. The minimum atomic E-state index is -5.89. The molecule has 74 heavy (non-hydrogen) atoms. The van der Waals surface area contributed by atoms with E-state index in [1.54, 1.807) is 6.92 Å². The van der Waals surface area contributed by atoms with Crippen LogP contribution in [0.15, 0.2) is 0 Å². The molecule has 1 N–H and O–H groups in total. The van der Waals surface area contributed by atoms with Gasteiger partial charge in [0.05, 0.1) is 35.4 Å². The first kappa shape index (κ1) is 56.1. The van der Waals surface area contributed by atoms with Crippen molar-refractivity contribution in [3.8, 4) is 0 Å². The van der Waals surface area contributed by atoms with E-state index >= 15 is 0 Å². The molecule has 10 unspecified atom stereocenters. The van der Waals surface area contributed by atoms with Gasteiger partial charge in [-0.2, -0.15) is 52.3 Å². The number of carbonyl (C=O) groups excluding carboxylic acids is 3. The number of alkyl halides is 10. The molecule has 9 rings (SSSR count). The highest BCUT2D eigenvalue weighted by molar-refractivity contribution is 7.86. The van der Waals surface area contributed by atoms with Crippen molar-refractivity contribution < 1.29 is 114 Å². The minimum absolute atomic E-state index is 0.00845. The molecular weight excluding hydrogens is 1040 g/mol. The predicted octanol–water partition coefficient (Wildman–Crippen LogP) is 8.36. The van der Waals surface area contributed by atoms with Crippen LogP contribution in [0.5, 0.6) is 0 Å². The van der Waals surface area contributed by atoms with Crippen molar-refractivity contribution in [2.24, 2.45) is 63.6 Å². The SMILES string of the molecule is CC1CC2CC(C(=O)OCC3(COC(=O)C45CCCC(CC(C6OCC(F)(F)C(F)(F)CO6)C4)C5)COC(C4CC5CCCC(C(=O)OCC(F)(F)S(=O)(=O)O)(C5)C4)OC3)CC(C2)C12OCC(F)(F)C(F)(F)CO2. The average Bonchev–Trinajstić information content (AvgIpc) is 3.50. The third kappa shape index (κ3) is 10.7. The molecule has 0 aromatic heterocycles.